The summed E-state index contributed by atoms with van der Waals surface area (Å²) in [5, 5.41) is 14.0. The second kappa shape index (κ2) is 8.41. The Bertz CT molecular complexity index is 1190. The molecule has 2 N–H and O–H groups in total. The van der Waals surface area contributed by atoms with Crippen molar-refractivity contribution in [1.82, 2.24) is 9.55 Å². The van der Waals surface area contributed by atoms with E-state index in [0.717, 1.165) is 29.7 Å². The summed E-state index contributed by atoms with van der Waals surface area (Å²) < 4.78 is 46.1. The van der Waals surface area contributed by atoms with Gasteiger partial charge in [0.2, 0.25) is 0 Å². The average Bonchev–Trinajstić information content (AvgIpc) is 3.15. The molecule has 4 aromatic rings. The Balaban J connectivity index is 1.63. The number of nitrogens with zero attached hydrogens (tertiary/aromatic N) is 2. The summed E-state index contributed by atoms with van der Waals surface area (Å²) >= 11 is 0. The maximum atomic E-state index is 13.0. The largest absolute Gasteiger partial charge is 0.417 e. The van der Waals surface area contributed by atoms with Crippen LogP contribution < -0.4 is 5.32 Å². The number of fused-ring (bicyclic) bond motifs is 1. The molecule has 1 unspecified atom stereocenters. The van der Waals surface area contributed by atoms with Crippen molar-refractivity contribution >= 4 is 22.4 Å². The number of halogens is 3. The first kappa shape index (κ1) is 20.9. The molecule has 4 rings (SSSR count). The van der Waals surface area contributed by atoms with Gasteiger partial charge in [-0.2, -0.15) is 13.2 Å². The van der Waals surface area contributed by atoms with Gasteiger partial charge >= 0.3 is 6.18 Å². The molecule has 2 heterocycles. The third-order valence-corrected chi connectivity index (χ3v) is 4.96. The van der Waals surface area contributed by atoms with E-state index in [-0.39, 0.29) is 11.4 Å². The van der Waals surface area contributed by atoms with E-state index in [0.29, 0.717) is 5.69 Å². The molecule has 0 saturated carbocycles. The Morgan fingerprint density at radius 3 is 2.58 bits per heavy atom. The maximum Gasteiger partial charge on any atom is 0.417 e. The van der Waals surface area contributed by atoms with Gasteiger partial charge in [0.25, 0.3) is 0 Å². The van der Waals surface area contributed by atoms with E-state index in [9.17, 15) is 18.3 Å². The number of alkyl halides is 3. The van der Waals surface area contributed by atoms with Crippen molar-refractivity contribution in [3.05, 3.63) is 89.7 Å². The average molecular weight is 427 g/mol. The summed E-state index contributed by atoms with van der Waals surface area (Å²) in [4.78, 5) is 3.87. The molecule has 0 aliphatic heterocycles. The lowest BCUT2D eigenvalue weighted by Crippen LogP contribution is -2.11. The first-order chi connectivity index (χ1) is 14.8. The summed E-state index contributed by atoms with van der Waals surface area (Å²) in [5.41, 5.74) is 1.76. The molecule has 0 spiro atoms. The van der Waals surface area contributed by atoms with E-state index in [1.54, 1.807) is 0 Å². The number of hydrogen-bond donors (Lipinski definition) is 2. The SMILES string of the molecule is COC(O)c1cc(C(F)(F)F)cnc1Nc1ccc2c(ccn2Cc2ccccc2)c1. The predicted octanol–water partition coefficient (Wildman–Crippen LogP) is 5.48. The van der Waals surface area contributed by atoms with Gasteiger partial charge in [-0.05, 0) is 35.9 Å². The highest BCUT2D eigenvalue weighted by Crippen LogP contribution is 2.34. The lowest BCUT2D eigenvalue weighted by Gasteiger charge is -2.17. The van der Waals surface area contributed by atoms with Crippen molar-refractivity contribution < 1.29 is 23.0 Å². The van der Waals surface area contributed by atoms with E-state index in [4.69, 9.17) is 4.74 Å². The fraction of sp³-hybridized carbons (Fsp3) is 0.174. The van der Waals surface area contributed by atoms with Crippen LogP contribution in [0.1, 0.15) is 23.0 Å². The van der Waals surface area contributed by atoms with Crippen LogP contribution in [0.15, 0.2) is 73.1 Å². The number of anilines is 2. The minimum absolute atomic E-state index is 0.0884. The molecule has 0 amide bonds. The van der Waals surface area contributed by atoms with Gasteiger partial charge in [0.1, 0.15) is 5.82 Å². The van der Waals surface area contributed by atoms with Gasteiger partial charge in [0.05, 0.1) is 11.1 Å². The maximum absolute atomic E-state index is 13.0. The van der Waals surface area contributed by atoms with Crippen LogP contribution in [0.4, 0.5) is 24.7 Å². The Morgan fingerprint density at radius 1 is 1.10 bits per heavy atom. The van der Waals surface area contributed by atoms with Crippen molar-refractivity contribution in [2.75, 3.05) is 12.4 Å². The molecule has 0 aliphatic carbocycles. The lowest BCUT2D eigenvalue weighted by atomic mass is 10.1. The quantitative estimate of drug-likeness (QED) is 0.400. The van der Waals surface area contributed by atoms with E-state index in [1.165, 1.54) is 12.7 Å². The van der Waals surface area contributed by atoms with Gasteiger partial charge in [-0.25, -0.2) is 4.98 Å². The highest BCUT2D eigenvalue weighted by atomic mass is 19.4. The van der Waals surface area contributed by atoms with Crippen LogP contribution in [-0.4, -0.2) is 21.8 Å². The first-order valence-corrected chi connectivity index (χ1v) is 9.53. The number of pyridine rings is 1. The fourth-order valence-electron chi connectivity index (χ4n) is 3.39. The van der Waals surface area contributed by atoms with Crippen LogP contribution in [0.2, 0.25) is 0 Å². The Morgan fingerprint density at radius 2 is 1.87 bits per heavy atom. The van der Waals surface area contributed by atoms with Crippen molar-refractivity contribution in [1.29, 1.82) is 0 Å². The number of hydrogen-bond acceptors (Lipinski definition) is 4. The van der Waals surface area contributed by atoms with Crippen molar-refractivity contribution in [3.8, 4) is 0 Å². The summed E-state index contributed by atoms with van der Waals surface area (Å²) in [6, 6.07) is 18.5. The van der Waals surface area contributed by atoms with Crippen LogP contribution in [-0.2, 0) is 17.5 Å². The number of benzene rings is 2. The Labute approximate surface area is 176 Å². The van der Waals surface area contributed by atoms with Gasteiger partial charge in [0, 0.05) is 42.6 Å². The molecule has 5 nitrogen and oxygen atoms in total. The number of nitrogens with one attached hydrogen (secondary N) is 1. The van der Waals surface area contributed by atoms with Crippen molar-refractivity contribution in [2.24, 2.45) is 0 Å². The zero-order valence-electron chi connectivity index (χ0n) is 16.6. The van der Waals surface area contributed by atoms with Gasteiger partial charge in [-0.15, -0.1) is 0 Å². The molecule has 2 aromatic heterocycles. The molecule has 8 heteroatoms. The number of rotatable bonds is 6. The highest BCUT2D eigenvalue weighted by molar-refractivity contribution is 5.84. The minimum atomic E-state index is -4.58. The van der Waals surface area contributed by atoms with Crippen LogP contribution in [0.25, 0.3) is 10.9 Å². The fourth-order valence-corrected chi connectivity index (χ4v) is 3.39. The smallest absolute Gasteiger partial charge is 0.364 e. The van der Waals surface area contributed by atoms with Crippen LogP contribution >= 0.6 is 0 Å². The molecule has 0 bridgehead atoms. The predicted molar refractivity (Wildman–Crippen MR) is 112 cm³/mol. The van der Waals surface area contributed by atoms with Crippen LogP contribution in [0.5, 0.6) is 0 Å². The highest BCUT2D eigenvalue weighted by Gasteiger charge is 2.32. The van der Waals surface area contributed by atoms with Gasteiger partial charge < -0.3 is 19.7 Å². The van der Waals surface area contributed by atoms with E-state index < -0.39 is 18.0 Å². The number of aliphatic hydroxyl groups is 1. The summed E-state index contributed by atoms with van der Waals surface area (Å²) in [6.07, 6.45) is -3.41. The molecule has 31 heavy (non-hydrogen) atoms. The summed E-state index contributed by atoms with van der Waals surface area (Å²) in [7, 11) is 1.20. The number of aromatic nitrogens is 2. The number of aliphatic hydroxyl groups excluding tert-OH is 1. The molecule has 2 aromatic carbocycles. The molecule has 0 fully saturated rings. The molecule has 0 aliphatic rings. The first-order valence-electron chi connectivity index (χ1n) is 9.53. The topological polar surface area (TPSA) is 59.3 Å². The zero-order chi connectivity index (χ0) is 22.0. The summed E-state index contributed by atoms with van der Waals surface area (Å²) in [5.74, 6) is 0.0884. The van der Waals surface area contributed by atoms with E-state index in [2.05, 4.69) is 27.0 Å². The molecular formula is C23H20F3N3O2. The monoisotopic (exact) mass is 427 g/mol. The van der Waals surface area contributed by atoms with Gasteiger partial charge in [-0.3, -0.25) is 0 Å². The van der Waals surface area contributed by atoms with Gasteiger partial charge in [-0.1, -0.05) is 30.3 Å². The normalized spacial score (nSPS) is 12.8. The standard InChI is InChI=1S/C23H20F3N3O2/c1-31-22(30)19-12-17(23(24,25)26)13-27-21(19)28-18-7-8-20-16(11-18)9-10-29(20)14-15-5-3-2-4-6-15/h2-13,22,30H,14H2,1H3,(H,27,28). The number of methoxy groups -OCH3 is 1. The second-order valence-corrected chi connectivity index (χ2v) is 7.08. The minimum Gasteiger partial charge on any atom is -0.364 e. The van der Waals surface area contributed by atoms with Crippen LogP contribution in [0, 0.1) is 0 Å². The number of ether oxygens (including phenoxy) is 1. The molecular weight excluding hydrogens is 407 g/mol. The Hall–Kier alpha value is -3.36. The molecule has 160 valence electrons. The Kier molecular flexibility index (Phi) is 5.67. The molecule has 1 atom stereocenters. The molecule has 0 saturated heterocycles. The zero-order valence-corrected chi connectivity index (χ0v) is 16.6. The van der Waals surface area contributed by atoms with Crippen LogP contribution in [0.3, 0.4) is 0 Å². The third-order valence-electron chi connectivity index (χ3n) is 4.96. The van der Waals surface area contributed by atoms with E-state index in [1.807, 2.05) is 48.7 Å². The summed E-state index contributed by atoms with van der Waals surface area (Å²) in [6.45, 7) is 0.724. The third kappa shape index (κ3) is 4.55. The van der Waals surface area contributed by atoms with E-state index >= 15 is 0 Å². The second-order valence-electron chi connectivity index (χ2n) is 7.08. The van der Waals surface area contributed by atoms with Crippen molar-refractivity contribution in [2.45, 2.75) is 19.0 Å². The lowest BCUT2D eigenvalue weighted by molar-refractivity contribution is -0.138. The van der Waals surface area contributed by atoms with Gasteiger partial charge in [0.15, 0.2) is 6.29 Å². The van der Waals surface area contributed by atoms with Crippen molar-refractivity contribution in [3.63, 3.8) is 0 Å². The molecule has 0 radical (unpaired) electrons.